The number of nitriles is 1. The zero-order valence-corrected chi connectivity index (χ0v) is 28.8. The number of aromatic nitrogens is 2. The highest BCUT2D eigenvalue weighted by atomic mass is 32.2. The van der Waals surface area contributed by atoms with Gasteiger partial charge in [0.25, 0.3) is 0 Å². The van der Waals surface area contributed by atoms with E-state index in [4.69, 9.17) is 9.97 Å². The quantitative estimate of drug-likeness (QED) is 0.186. The number of benzene rings is 7. The van der Waals surface area contributed by atoms with Crippen LogP contribution in [0.5, 0.6) is 0 Å². The summed E-state index contributed by atoms with van der Waals surface area (Å²) in [5, 5.41) is 9.92. The highest BCUT2D eigenvalue weighted by molar-refractivity contribution is 7.99. The number of rotatable bonds is 4. The Morgan fingerprint density at radius 1 is 0.423 bits per heavy atom. The summed E-state index contributed by atoms with van der Waals surface area (Å²) in [5.41, 5.74) is 14.8. The van der Waals surface area contributed by atoms with Crippen molar-refractivity contribution in [1.82, 2.24) is 9.97 Å². The molecule has 1 aromatic heterocycles. The van der Waals surface area contributed by atoms with Gasteiger partial charge in [0.15, 0.2) is 5.82 Å². The number of nitrogens with zero attached hydrogens (tertiary/aromatic N) is 3. The second-order valence-corrected chi connectivity index (χ2v) is 14.3. The minimum absolute atomic E-state index is 0.486. The molecule has 8 aromatic rings. The third kappa shape index (κ3) is 4.67. The fourth-order valence-electron chi connectivity index (χ4n) is 8.09. The Balaban J connectivity index is 1.13. The lowest BCUT2D eigenvalue weighted by Gasteiger charge is -2.40. The van der Waals surface area contributed by atoms with E-state index in [-0.39, 0.29) is 0 Å². The standard InChI is InChI=1S/C48H29N3S/c49-30-31-22-24-41-45(26-31)52-46-28-35(23-25-42(46)48(41)39-20-9-7-18-37(39)38-19-8-10-21-40(38)48)34-16-11-17-36(27-34)44-29-43(32-12-3-1-4-13-32)50-47(51-44)33-14-5-2-6-15-33/h1-29H. The predicted octanol–water partition coefficient (Wildman–Crippen LogP) is 11.8. The Morgan fingerprint density at radius 2 is 0.962 bits per heavy atom. The van der Waals surface area contributed by atoms with Gasteiger partial charge in [0.05, 0.1) is 28.4 Å². The van der Waals surface area contributed by atoms with E-state index in [0.717, 1.165) is 44.1 Å². The molecule has 0 amide bonds. The Hall–Kier alpha value is -6.54. The first kappa shape index (κ1) is 30.3. The van der Waals surface area contributed by atoms with Gasteiger partial charge in [-0.25, -0.2) is 9.97 Å². The van der Waals surface area contributed by atoms with Crippen molar-refractivity contribution in [2.45, 2.75) is 15.2 Å². The van der Waals surface area contributed by atoms with Crippen molar-refractivity contribution in [3.63, 3.8) is 0 Å². The maximum atomic E-state index is 9.92. The third-order valence-electron chi connectivity index (χ3n) is 10.4. The Bertz CT molecular complexity index is 2630. The van der Waals surface area contributed by atoms with Gasteiger partial charge in [-0.2, -0.15) is 5.26 Å². The fourth-order valence-corrected chi connectivity index (χ4v) is 9.36. The molecule has 7 aromatic carbocycles. The van der Waals surface area contributed by atoms with Crippen LogP contribution in [0.3, 0.4) is 0 Å². The van der Waals surface area contributed by atoms with Crippen molar-refractivity contribution >= 4 is 11.8 Å². The predicted molar refractivity (Wildman–Crippen MR) is 210 cm³/mol. The largest absolute Gasteiger partial charge is 0.228 e. The van der Waals surface area contributed by atoms with Gasteiger partial charge in [0, 0.05) is 26.5 Å². The van der Waals surface area contributed by atoms with E-state index in [9.17, 15) is 5.26 Å². The molecule has 2 heterocycles. The van der Waals surface area contributed by atoms with Gasteiger partial charge >= 0.3 is 0 Å². The maximum Gasteiger partial charge on any atom is 0.160 e. The summed E-state index contributed by atoms with van der Waals surface area (Å²) in [6.07, 6.45) is 0. The monoisotopic (exact) mass is 679 g/mol. The number of hydrogen-bond donors (Lipinski definition) is 0. The normalized spacial score (nSPS) is 13.1. The van der Waals surface area contributed by atoms with Gasteiger partial charge in [0.2, 0.25) is 0 Å². The van der Waals surface area contributed by atoms with E-state index in [0.29, 0.717) is 11.4 Å². The first-order valence-electron chi connectivity index (χ1n) is 17.4. The van der Waals surface area contributed by atoms with Crippen molar-refractivity contribution in [3.05, 3.63) is 204 Å². The average Bonchev–Trinajstić information content (AvgIpc) is 3.51. The number of hydrogen-bond acceptors (Lipinski definition) is 4. The van der Waals surface area contributed by atoms with E-state index >= 15 is 0 Å². The first-order valence-corrected chi connectivity index (χ1v) is 18.2. The van der Waals surface area contributed by atoms with E-state index < -0.39 is 5.41 Å². The van der Waals surface area contributed by atoms with E-state index in [1.54, 1.807) is 11.8 Å². The summed E-state index contributed by atoms with van der Waals surface area (Å²) in [7, 11) is 0. The van der Waals surface area contributed by atoms with Crippen LogP contribution >= 0.6 is 11.8 Å². The molecule has 0 bridgehead atoms. The third-order valence-corrected chi connectivity index (χ3v) is 11.5. The molecule has 2 aliphatic rings. The minimum Gasteiger partial charge on any atom is -0.228 e. The highest BCUT2D eigenvalue weighted by Gasteiger charge is 2.50. The van der Waals surface area contributed by atoms with Gasteiger partial charge in [-0.1, -0.05) is 157 Å². The molecule has 0 radical (unpaired) electrons. The van der Waals surface area contributed by atoms with Crippen molar-refractivity contribution < 1.29 is 0 Å². The van der Waals surface area contributed by atoms with Crippen LogP contribution in [0.4, 0.5) is 0 Å². The molecule has 10 rings (SSSR count). The lowest BCUT2D eigenvalue weighted by atomic mass is 9.67. The van der Waals surface area contributed by atoms with Crippen LogP contribution in [0, 0.1) is 11.3 Å². The smallest absolute Gasteiger partial charge is 0.160 e. The second kappa shape index (κ2) is 12.1. The Labute approximate surface area is 307 Å². The molecule has 242 valence electrons. The molecule has 3 nitrogen and oxygen atoms in total. The molecule has 0 unspecified atom stereocenters. The number of fused-ring (bicyclic) bond motifs is 9. The molecule has 0 saturated carbocycles. The maximum absolute atomic E-state index is 9.92. The van der Waals surface area contributed by atoms with Crippen molar-refractivity contribution in [3.8, 4) is 62.2 Å². The van der Waals surface area contributed by atoms with Crippen LogP contribution in [-0.4, -0.2) is 9.97 Å². The topological polar surface area (TPSA) is 49.6 Å². The molecule has 0 atom stereocenters. The summed E-state index contributed by atoms with van der Waals surface area (Å²) >= 11 is 1.76. The molecule has 1 spiro atoms. The van der Waals surface area contributed by atoms with Crippen LogP contribution in [-0.2, 0) is 5.41 Å². The molecule has 0 N–H and O–H groups in total. The van der Waals surface area contributed by atoms with Crippen molar-refractivity contribution in [2.24, 2.45) is 0 Å². The van der Waals surface area contributed by atoms with E-state index in [2.05, 4.69) is 140 Å². The molecule has 52 heavy (non-hydrogen) atoms. The van der Waals surface area contributed by atoms with Crippen LogP contribution in [0.25, 0.3) is 56.2 Å². The van der Waals surface area contributed by atoms with E-state index in [1.807, 2.05) is 42.5 Å². The van der Waals surface area contributed by atoms with Gasteiger partial charge in [-0.15, -0.1) is 0 Å². The Morgan fingerprint density at radius 3 is 1.65 bits per heavy atom. The molecule has 0 fully saturated rings. The van der Waals surface area contributed by atoms with Crippen LogP contribution in [0.2, 0.25) is 0 Å². The molecule has 4 heteroatoms. The van der Waals surface area contributed by atoms with Gasteiger partial charge in [-0.05, 0) is 74.8 Å². The van der Waals surface area contributed by atoms with Crippen LogP contribution in [0.1, 0.15) is 27.8 Å². The second-order valence-electron chi connectivity index (χ2n) is 13.3. The molecular formula is C48H29N3S. The summed E-state index contributed by atoms with van der Waals surface area (Å²) in [4.78, 5) is 12.4. The summed E-state index contributed by atoms with van der Waals surface area (Å²) in [6, 6.07) is 64.3. The Kier molecular flexibility index (Phi) is 7.02. The average molecular weight is 680 g/mol. The van der Waals surface area contributed by atoms with Gasteiger partial charge in [0.1, 0.15) is 0 Å². The van der Waals surface area contributed by atoms with Crippen molar-refractivity contribution in [2.75, 3.05) is 0 Å². The zero-order chi connectivity index (χ0) is 34.6. The minimum atomic E-state index is -0.486. The summed E-state index contributed by atoms with van der Waals surface area (Å²) < 4.78 is 0. The first-order chi connectivity index (χ1) is 25.7. The van der Waals surface area contributed by atoms with Crippen LogP contribution < -0.4 is 0 Å². The molecular weight excluding hydrogens is 651 g/mol. The van der Waals surface area contributed by atoms with Crippen LogP contribution in [0.15, 0.2) is 186 Å². The van der Waals surface area contributed by atoms with Gasteiger partial charge < -0.3 is 0 Å². The SMILES string of the molecule is N#Cc1ccc2c(c1)Sc1cc(-c3cccc(-c4cc(-c5ccccc5)nc(-c5ccccc5)n4)c3)ccc1C21c2ccccc2-c2ccccc21. The summed E-state index contributed by atoms with van der Waals surface area (Å²) in [6.45, 7) is 0. The molecule has 1 aliphatic heterocycles. The van der Waals surface area contributed by atoms with Gasteiger partial charge in [-0.3, -0.25) is 0 Å². The highest BCUT2D eigenvalue weighted by Crippen LogP contribution is 2.62. The lowest BCUT2D eigenvalue weighted by molar-refractivity contribution is 0.722. The van der Waals surface area contributed by atoms with E-state index in [1.165, 1.54) is 38.3 Å². The lowest BCUT2D eigenvalue weighted by Crippen LogP contribution is -2.32. The van der Waals surface area contributed by atoms with Crippen molar-refractivity contribution in [1.29, 1.82) is 5.26 Å². The molecule has 0 saturated heterocycles. The summed E-state index contributed by atoms with van der Waals surface area (Å²) in [5.74, 6) is 0.699. The zero-order valence-electron chi connectivity index (χ0n) is 28.0. The molecule has 1 aliphatic carbocycles. The fraction of sp³-hybridized carbons (Fsp3) is 0.0208.